The van der Waals surface area contributed by atoms with Gasteiger partial charge in [0.25, 0.3) is 11.8 Å². The van der Waals surface area contributed by atoms with Gasteiger partial charge in [-0.15, -0.1) is 0 Å². The van der Waals surface area contributed by atoms with Crippen molar-refractivity contribution in [3.63, 3.8) is 0 Å². The van der Waals surface area contributed by atoms with E-state index < -0.39 is 90.6 Å². The van der Waals surface area contributed by atoms with Crippen LogP contribution in [0.2, 0.25) is 0 Å². The van der Waals surface area contributed by atoms with Crippen LogP contribution in [0.15, 0.2) is 72.8 Å². The summed E-state index contributed by atoms with van der Waals surface area (Å²) in [5.41, 5.74) is 1.51. The Hall–Kier alpha value is -6.13. The molecule has 0 aliphatic carbocycles. The van der Waals surface area contributed by atoms with E-state index in [0.717, 1.165) is 44.2 Å². The van der Waals surface area contributed by atoms with Gasteiger partial charge in [0.15, 0.2) is 30.5 Å². The summed E-state index contributed by atoms with van der Waals surface area (Å²) < 4.78 is 53.6. The van der Waals surface area contributed by atoms with Crippen LogP contribution in [0.1, 0.15) is 126 Å². The number of likely N-dealkylation sites (tertiary alicyclic amines) is 2. The molecule has 2 aliphatic heterocycles. The van der Waals surface area contributed by atoms with Crippen molar-refractivity contribution in [1.82, 2.24) is 20.4 Å². The molecule has 0 spiro atoms. The Morgan fingerprint density at radius 2 is 0.987 bits per heavy atom. The number of carbonyl (C=O) groups excluding carboxylic acids is 7. The van der Waals surface area contributed by atoms with Gasteiger partial charge in [0.2, 0.25) is 11.8 Å². The second kappa shape index (κ2) is 36.2. The quantitative estimate of drug-likeness (QED) is 0.0432. The van der Waals surface area contributed by atoms with Gasteiger partial charge in [-0.1, -0.05) is 97.9 Å². The van der Waals surface area contributed by atoms with Crippen molar-refractivity contribution in [1.29, 1.82) is 0 Å². The zero-order valence-corrected chi connectivity index (χ0v) is 45.7. The molecule has 79 heavy (non-hydrogen) atoms. The van der Waals surface area contributed by atoms with Crippen molar-refractivity contribution in [3.8, 4) is 0 Å². The third-order valence-corrected chi connectivity index (χ3v) is 13.2. The lowest BCUT2D eigenvalue weighted by atomic mass is 9.98. The first-order valence-corrected chi connectivity index (χ1v) is 26.2. The van der Waals surface area contributed by atoms with E-state index in [1.54, 1.807) is 46.2 Å². The Labute approximate surface area is 465 Å². The molecule has 12 atom stereocenters. The molecule has 21 heteroatoms. The SMILES string of the molecule is C.C.CCC(C)/C=C/[C@@H](O)[C@H](O)[C@@H](O)[C@@H](OC)C(=O)N[C@H]1CCCCN(Cc2ccc(F)cc2)C1=O.CCC(C)/C=C/[C@@H](OC(C)=O)[C@H](OC(C)=O)[C@@H](OC(C)=O)[C@@H](OC)C(=O)N[C@H]1CCCCN(Cc2ccc(F)cc2)C1=O. The standard InChI is InChI=1S/C31H43FN2O9.C25H37FN2O6.2CH4/c1-7-19(2)11-16-26(41-20(3)35)27(42-21(4)36)28(43-22(5)37)29(40-6)30(38)33-25-10-8-9-17-34(31(25)39)18-23-12-14-24(32)15-13-23;1-4-16(2)8-13-20(29)21(30)22(31)23(34-3)24(32)27-19-7-5-6-14-28(25(19)33)15-17-9-11-18(26)12-10-17;;/h11-16,19,25-29H,7-10,17-18H2,1-6H3,(H,33,38);8-13,16,19-23,29-31H,4-7,14-15H2,1-3H3,(H,27,32);2*1H4/b16-11+;13-8+;;/t19?,25-,26+,27-,28+,29+;16?,19-,20+,21-,22+,23+;;/m00../s1. The smallest absolute Gasteiger partial charge is 0.303 e. The molecule has 0 aromatic heterocycles. The number of carbonyl (C=O) groups is 7. The molecular formula is C58H88F2N4O15. The van der Waals surface area contributed by atoms with Gasteiger partial charge in [-0.2, -0.15) is 0 Å². The van der Waals surface area contributed by atoms with Crippen LogP contribution in [0.25, 0.3) is 0 Å². The van der Waals surface area contributed by atoms with E-state index in [1.165, 1.54) is 57.6 Å². The number of aliphatic hydroxyl groups excluding tert-OH is 3. The molecule has 2 aliphatic rings. The monoisotopic (exact) mass is 1120 g/mol. The summed E-state index contributed by atoms with van der Waals surface area (Å²) in [5, 5.41) is 36.4. The van der Waals surface area contributed by atoms with Crippen molar-refractivity contribution in [2.45, 2.75) is 189 Å². The van der Waals surface area contributed by atoms with E-state index in [2.05, 4.69) is 10.6 Å². The second-order valence-corrected chi connectivity index (χ2v) is 19.4. The average molecular weight is 1120 g/mol. The number of benzene rings is 2. The Balaban J connectivity index is 0.000000790. The number of amides is 4. The van der Waals surface area contributed by atoms with Crippen molar-refractivity contribution in [3.05, 3.63) is 95.6 Å². The van der Waals surface area contributed by atoms with Gasteiger partial charge in [0, 0.05) is 61.2 Å². The lowest BCUT2D eigenvalue weighted by Gasteiger charge is -2.34. The molecule has 444 valence electrons. The molecule has 0 radical (unpaired) electrons. The van der Waals surface area contributed by atoms with Gasteiger partial charge in [-0.3, -0.25) is 33.6 Å². The van der Waals surface area contributed by atoms with Crippen LogP contribution in [0.3, 0.4) is 0 Å². The molecule has 4 amide bonds. The zero-order chi connectivity index (χ0) is 57.4. The molecule has 0 saturated carbocycles. The number of allylic oxidation sites excluding steroid dienone is 2. The van der Waals surface area contributed by atoms with Gasteiger partial charge in [0.1, 0.15) is 42.0 Å². The molecule has 2 unspecified atom stereocenters. The normalized spacial score (nSPS) is 19.6. The predicted molar refractivity (Wildman–Crippen MR) is 292 cm³/mol. The highest BCUT2D eigenvalue weighted by atomic mass is 19.1. The molecule has 2 saturated heterocycles. The summed E-state index contributed by atoms with van der Waals surface area (Å²) in [6.07, 6.45) is -0.448. The lowest BCUT2D eigenvalue weighted by Crippen LogP contribution is -2.58. The van der Waals surface area contributed by atoms with Gasteiger partial charge in [0.05, 0.1) is 0 Å². The van der Waals surface area contributed by atoms with Gasteiger partial charge < -0.3 is 59.4 Å². The third-order valence-electron chi connectivity index (χ3n) is 13.2. The predicted octanol–water partition coefficient (Wildman–Crippen LogP) is 6.03. The number of aliphatic hydroxyl groups is 3. The van der Waals surface area contributed by atoms with Crippen LogP contribution in [-0.4, -0.2) is 155 Å². The Morgan fingerprint density at radius 3 is 1.38 bits per heavy atom. The van der Waals surface area contributed by atoms with E-state index in [1.807, 2.05) is 27.7 Å². The minimum atomic E-state index is -1.71. The Morgan fingerprint density at radius 1 is 0.595 bits per heavy atom. The summed E-state index contributed by atoms with van der Waals surface area (Å²) >= 11 is 0. The number of nitrogens with one attached hydrogen (secondary N) is 2. The molecule has 2 heterocycles. The molecule has 0 bridgehead atoms. The number of hydrogen-bond donors (Lipinski definition) is 5. The third kappa shape index (κ3) is 23.6. The summed E-state index contributed by atoms with van der Waals surface area (Å²) in [5.74, 6) is -4.93. The molecule has 2 fully saturated rings. The van der Waals surface area contributed by atoms with Crippen molar-refractivity contribution in [2.24, 2.45) is 11.8 Å². The maximum Gasteiger partial charge on any atom is 0.303 e. The fraction of sp³-hybridized carbons (Fsp3) is 0.603. The largest absolute Gasteiger partial charge is 0.455 e. The van der Waals surface area contributed by atoms with Crippen molar-refractivity contribution >= 4 is 41.5 Å². The fourth-order valence-electron chi connectivity index (χ4n) is 8.49. The van der Waals surface area contributed by atoms with Crippen LogP contribution in [-0.2, 0) is 70.3 Å². The van der Waals surface area contributed by atoms with E-state index in [4.69, 9.17) is 23.7 Å². The van der Waals surface area contributed by atoms with Gasteiger partial charge in [-0.05, 0) is 91.8 Å². The highest BCUT2D eigenvalue weighted by molar-refractivity contribution is 5.91. The van der Waals surface area contributed by atoms with Crippen LogP contribution in [0, 0.1) is 23.5 Å². The number of nitrogens with zero attached hydrogens (tertiary/aromatic N) is 2. The van der Waals surface area contributed by atoms with Crippen molar-refractivity contribution < 1.29 is 81.3 Å². The number of esters is 3. The Bertz CT molecular complexity index is 2270. The first-order chi connectivity index (χ1) is 36.5. The number of halogens is 2. The maximum absolute atomic E-state index is 13.7. The summed E-state index contributed by atoms with van der Waals surface area (Å²) in [6, 6.07) is 9.96. The van der Waals surface area contributed by atoms with Gasteiger partial charge >= 0.3 is 17.9 Å². The number of ether oxygens (including phenoxy) is 5. The molecule has 2 aromatic carbocycles. The maximum atomic E-state index is 13.7. The molecule has 4 rings (SSSR count). The van der Waals surface area contributed by atoms with Gasteiger partial charge in [-0.25, -0.2) is 8.78 Å². The van der Waals surface area contributed by atoms with E-state index in [-0.39, 0.29) is 63.2 Å². The number of methoxy groups -OCH3 is 2. The first kappa shape index (κ1) is 70.9. The van der Waals surface area contributed by atoms with E-state index in [0.29, 0.717) is 45.2 Å². The average Bonchev–Trinajstić information content (AvgIpc) is 3.67. The van der Waals surface area contributed by atoms with Crippen molar-refractivity contribution in [2.75, 3.05) is 27.3 Å². The van der Waals surface area contributed by atoms with E-state index >= 15 is 0 Å². The van der Waals surface area contributed by atoms with Crippen LogP contribution < -0.4 is 10.6 Å². The summed E-state index contributed by atoms with van der Waals surface area (Å²) in [6.45, 7) is 12.7. The minimum Gasteiger partial charge on any atom is -0.455 e. The van der Waals surface area contributed by atoms with E-state index in [9.17, 15) is 57.7 Å². The molecule has 5 N–H and O–H groups in total. The minimum absolute atomic E-state index is 0. The summed E-state index contributed by atoms with van der Waals surface area (Å²) in [7, 11) is 2.41. The molecular weight excluding hydrogens is 1030 g/mol. The number of rotatable bonds is 25. The Kier molecular flexibility index (Phi) is 32.5. The van der Waals surface area contributed by atoms with Crippen LogP contribution >= 0.6 is 0 Å². The number of hydrogen-bond acceptors (Lipinski definition) is 15. The topological polar surface area (TPSA) is 257 Å². The highest BCUT2D eigenvalue weighted by Crippen LogP contribution is 2.24. The van der Waals surface area contributed by atoms with Crippen LogP contribution in [0.5, 0.6) is 0 Å². The summed E-state index contributed by atoms with van der Waals surface area (Å²) in [4.78, 5) is 92.7. The second-order valence-electron chi connectivity index (χ2n) is 19.4. The molecule has 19 nitrogen and oxygen atoms in total. The lowest BCUT2D eigenvalue weighted by molar-refractivity contribution is -0.192. The van der Waals surface area contributed by atoms with Crippen LogP contribution in [0.4, 0.5) is 8.78 Å². The first-order valence-electron chi connectivity index (χ1n) is 26.2. The zero-order valence-electron chi connectivity index (χ0n) is 45.7. The highest BCUT2D eigenvalue weighted by Gasteiger charge is 2.45. The fourth-order valence-corrected chi connectivity index (χ4v) is 8.49. The molecule has 2 aromatic rings.